The number of aromatic nitrogens is 5. The van der Waals surface area contributed by atoms with Gasteiger partial charge in [0.25, 0.3) is 5.88 Å². The van der Waals surface area contributed by atoms with Gasteiger partial charge in [0.15, 0.2) is 0 Å². The van der Waals surface area contributed by atoms with E-state index in [0.717, 1.165) is 11.8 Å². The summed E-state index contributed by atoms with van der Waals surface area (Å²) in [7, 11) is 1.62. The molecule has 0 radical (unpaired) electrons. The van der Waals surface area contributed by atoms with Gasteiger partial charge in [0.2, 0.25) is 5.95 Å². The number of fused-ring (bicyclic) bond motifs is 1. The quantitative estimate of drug-likeness (QED) is 0.522. The normalized spacial score (nSPS) is 17.0. The maximum atomic E-state index is 9.53. The van der Waals surface area contributed by atoms with E-state index in [1.807, 2.05) is 11.5 Å². The Morgan fingerprint density at radius 3 is 3.06 bits per heavy atom. The molecule has 31 heavy (non-hydrogen) atoms. The zero-order chi connectivity index (χ0) is 21.8. The van der Waals surface area contributed by atoms with Crippen molar-refractivity contribution in [2.45, 2.75) is 32.0 Å². The van der Waals surface area contributed by atoms with E-state index in [0.29, 0.717) is 55.2 Å². The molecule has 0 amide bonds. The van der Waals surface area contributed by atoms with Crippen LogP contribution in [0.1, 0.15) is 25.1 Å². The molecule has 11 heteroatoms. The zero-order valence-corrected chi connectivity index (χ0v) is 17.5. The van der Waals surface area contributed by atoms with Crippen molar-refractivity contribution >= 4 is 22.7 Å². The van der Waals surface area contributed by atoms with Crippen LogP contribution in [0.3, 0.4) is 0 Å². The summed E-state index contributed by atoms with van der Waals surface area (Å²) in [6.45, 7) is 3.87. The lowest BCUT2D eigenvalue weighted by molar-refractivity contribution is 0.137. The van der Waals surface area contributed by atoms with Gasteiger partial charge in [-0.2, -0.15) is 10.2 Å². The van der Waals surface area contributed by atoms with Crippen LogP contribution in [0.5, 0.6) is 5.88 Å². The molecule has 4 rings (SSSR count). The number of nitriles is 1. The Hall–Kier alpha value is -3.20. The second-order valence-electron chi connectivity index (χ2n) is 7.35. The molecule has 3 aromatic heterocycles. The third kappa shape index (κ3) is 4.46. The van der Waals surface area contributed by atoms with Crippen LogP contribution >= 0.6 is 0 Å². The Kier molecular flexibility index (Phi) is 6.31. The highest BCUT2D eigenvalue weighted by Gasteiger charge is 2.22. The van der Waals surface area contributed by atoms with Gasteiger partial charge in [0.05, 0.1) is 45.2 Å². The molecular weight excluding hydrogens is 402 g/mol. The van der Waals surface area contributed by atoms with E-state index in [9.17, 15) is 10.4 Å². The lowest BCUT2D eigenvalue weighted by atomic mass is 10.3. The SMILES string of the molecule is COC[C@H](C)n1c(C#N)cc2cnc(Nc3cn(CCO)nc3O[C@@H]3CCOC3)nc21. The van der Waals surface area contributed by atoms with Gasteiger partial charge in [0, 0.05) is 25.1 Å². The van der Waals surface area contributed by atoms with Crippen LogP contribution in [0.25, 0.3) is 11.0 Å². The number of ether oxygens (including phenoxy) is 3. The molecule has 2 N–H and O–H groups in total. The number of aliphatic hydroxyl groups excluding tert-OH is 1. The maximum absolute atomic E-state index is 9.53. The third-order valence-electron chi connectivity index (χ3n) is 5.01. The zero-order valence-electron chi connectivity index (χ0n) is 17.5. The van der Waals surface area contributed by atoms with Gasteiger partial charge in [-0.25, -0.2) is 4.98 Å². The van der Waals surface area contributed by atoms with Crippen LogP contribution in [0, 0.1) is 11.3 Å². The van der Waals surface area contributed by atoms with Crippen LogP contribution in [-0.4, -0.2) is 69.1 Å². The summed E-state index contributed by atoms with van der Waals surface area (Å²) >= 11 is 0. The standard InChI is InChI=1S/C20H25N7O4/c1-13(11-29-2)27-15(8-21)7-14-9-22-20(24-18(14)27)23-17-10-26(4-5-28)25-19(17)31-16-3-6-30-12-16/h7,9-10,13,16,28H,3-6,11-12H2,1-2H3,(H,22,23,24)/t13-,16+/m0/s1. The molecule has 2 atom stereocenters. The first-order valence-electron chi connectivity index (χ1n) is 10.1. The number of nitrogens with zero attached hydrogens (tertiary/aromatic N) is 6. The van der Waals surface area contributed by atoms with Crippen molar-refractivity contribution in [2.75, 3.05) is 38.9 Å². The molecule has 0 bridgehead atoms. The fourth-order valence-electron chi connectivity index (χ4n) is 3.59. The van der Waals surface area contributed by atoms with E-state index < -0.39 is 0 Å². The van der Waals surface area contributed by atoms with Gasteiger partial charge in [-0.15, -0.1) is 5.10 Å². The lowest BCUT2D eigenvalue weighted by Crippen LogP contribution is -2.17. The molecule has 1 saturated heterocycles. The highest BCUT2D eigenvalue weighted by molar-refractivity contribution is 5.79. The fourth-order valence-corrected chi connectivity index (χ4v) is 3.59. The molecule has 164 valence electrons. The molecule has 0 aliphatic carbocycles. The van der Waals surface area contributed by atoms with E-state index >= 15 is 0 Å². The molecule has 11 nitrogen and oxygen atoms in total. The van der Waals surface area contributed by atoms with Gasteiger partial charge in [0.1, 0.15) is 29.2 Å². The summed E-state index contributed by atoms with van der Waals surface area (Å²) in [6.07, 6.45) is 4.12. The summed E-state index contributed by atoms with van der Waals surface area (Å²) in [6, 6.07) is 3.90. The predicted molar refractivity (Wildman–Crippen MR) is 111 cm³/mol. The number of aliphatic hydroxyl groups is 1. The first-order valence-corrected chi connectivity index (χ1v) is 10.1. The first-order chi connectivity index (χ1) is 15.1. The Bertz CT molecular complexity index is 1080. The number of rotatable bonds is 9. The van der Waals surface area contributed by atoms with Gasteiger partial charge < -0.3 is 29.2 Å². The van der Waals surface area contributed by atoms with Crippen LogP contribution in [0.15, 0.2) is 18.5 Å². The molecule has 1 fully saturated rings. The van der Waals surface area contributed by atoms with Crippen molar-refractivity contribution in [1.29, 1.82) is 5.26 Å². The second-order valence-corrected chi connectivity index (χ2v) is 7.35. The number of hydrogen-bond acceptors (Lipinski definition) is 9. The monoisotopic (exact) mass is 427 g/mol. The van der Waals surface area contributed by atoms with Crippen LogP contribution < -0.4 is 10.1 Å². The Morgan fingerprint density at radius 2 is 2.35 bits per heavy atom. The van der Waals surface area contributed by atoms with Gasteiger partial charge in [-0.3, -0.25) is 4.68 Å². The highest BCUT2D eigenvalue weighted by atomic mass is 16.6. The second kappa shape index (κ2) is 9.30. The molecule has 4 heterocycles. The molecule has 0 spiro atoms. The number of anilines is 2. The summed E-state index contributed by atoms with van der Waals surface area (Å²) in [5.41, 5.74) is 1.71. The summed E-state index contributed by atoms with van der Waals surface area (Å²) in [5, 5.41) is 27.1. The Labute approximate surface area is 179 Å². The number of hydrogen-bond donors (Lipinski definition) is 2. The van der Waals surface area contributed by atoms with E-state index in [1.165, 1.54) is 0 Å². The predicted octanol–water partition coefficient (Wildman–Crippen LogP) is 1.61. The smallest absolute Gasteiger partial charge is 0.257 e. The van der Waals surface area contributed by atoms with Crippen molar-refractivity contribution in [3.63, 3.8) is 0 Å². The third-order valence-corrected chi connectivity index (χ3v) is 5.01. The van der Waals surface area contributed by atoms with Crippen molar-refractivity contribution in [2.24, 2.45) is 0 Å². The molecule has 0 aromatic carbocycles. The molecule has 0 unspecified atom stereocenters. The van der Waals surface area contributed by atoms with Crippen molar-refractivity contribution in [3.8, 4) is 11.9 Å². The summed E-state index contributed by atoms with van der Waals surface area (Å²) in [5.74, 6) is 0.741. The van der Waals surface area contributed by atoms with E-state index in [4.69, 9.17) is 14.2 Å². The van der Waals surface area contributed by atoms with Crippen LogP contribution in [-0.2, 0) is 16.0 Å². The average molecular weight is 427 g/mol. The molecule has 1 aliphatic heterocycles. The molecular formula is C20H25N7O4. The van der Waals surface area contributed by atoms with E-state index in [2.05, 4.69) is 26.5 Å². The van der Waals surface area contributed by atoms with Crippen molar-refractivity contribution in [3.05, 3.63) is 24.2 Å². The van der Waals surface area contributed by atoms with Crippen LogP contribution in [0.4, 0.5) is 11.6 Å². The number of nitrogens with one attached hydrogen (secondary N) is 1. The Morgan fingerprint density at radius 1 is 1.48 bits per heavy atom. The molecule has 0 saturated carbocycles. The Balaban J connectivity index is 1.66. The van der Waals surface area contributed by atoms with E-state index in [1.54, 1.807) is 30.3 Å². The molecule has 1 aliphatic rings. The average Bonchev–Trinajstić information content (AvgIpc) is 3.48. The minimum atomic E-state index is -0.0771. The maximum Gasteiger partial charge on any atom is 0.257 e. The minimum Gasteiger partial charge on any atom is -0.469 e. The summed E-state index contributed by atoms with van der Waals surface area (Å²) in [4.78, 5) is 9.02. The van der Waals surface area contributed by atoms with Crippen molar-refractivity contribution < 1.29 is 19.3 Å². The minimum absolute atomic E-state index is 0.0442. The molecule has 3 aromatic rings. The first kappa shape index (κ1) is 21.0. The van der Waals surface area contributed by atoms with Crippen molar-refractivity contribution in [1.82, 2.24) is 24.3 Å². The van der Waals surface area contributed by atoms with Gasteiger partial charge >= 0.3 is 0 Å². The topological polar surface area (TPSA) is 132 Å². The largest absolute Gasteiger partial charge is 0.469 e. The van der Waals surface area contributed by atoms with E-state index in [-0.39, 0.29) is 18.8 Å². The van der Waals surface area contributed by atoms with Gasteiger partial charge in [-0.05, 0) is 13.0 Å². The number of methoxy groups -OCH3 is 1. The highest BCUT2D eigenvalue weighted by Crippen LogP contribution is 2.29. The van der Waals surface area contributed by atoms with Gasteiger partial charge in [-0.1, -0.05) is 0 Å². The van der Waals surface area contributed by atoms with Crippen LogP contribution in [0.2, 0.25) is 0 Å². The lowest BCUT2D eigenvalue weighted by Gasteiger charge is -2.15. The summed E-state index contributed by atoms with van der Waals surface area (Å²) < 4.78 is 20.1. The fraction of sp³-hybridized carbons (Fsp3) is 0.500.